The Hall–Kier alpha value is -2.77. The largest absolute Gasteiger partial charge is 0.335 e. The molecule has 30 heavy (non-hydrogen) atoms. The van der Waals surface area contributed by atoms with Crippen LogP contribution in [0.15, 0.2) is 121 Å². The van der Waals surface area contributed by atoms with Crippen LogP contribution in [0.5, 0.6) is 0 Å². The van der Waals surface area contributed by atoms with E-state index in [4.69, 9.17) is 9.05 Å². The van der Waals surface area contributed by atoms with Crippen molar-refractivity contribution in [3.63, 3.8) is 0 Å². The van der Waals surface area contributed by atoms with Gasteiger partial charge in [-0.3, -0.25) is 0 Å². The van der Waals surface area contributed by atoms with Crippen molar-refractivity contribution in [2.24, 2.45) is 0 Å². The van der Waals surface area contributed by atoms with Crippen molar-refractivity contribution in [3.8, 4) is 0 Å². The molecule has 1 saturated heterocycles. The van der Waals surface area contributed by atoms with E-state index in [9.17, 15) is 0 Å². The Kier molecular flexibility index (Phi) is 5.23. The highest BCUT2D eigenvalue weighted by Crippen LogP contribution is 2.59. The maximum atomic E-state index is 6.77. The Morgan fingerprint density at radius 1 is 0.500 bits per heavy atom. The second-order valence-corrected chi connectivity index (χ2v) is 8.18. The maximum Gasteiger partial charge on any atom is 0.156 e. The molecule has 148 valence electrons. The molecule has 0 spiro atoms. The van der Waals surface area contributed by atoms with Gasteiger partial charge in [0.05, 0.1) is 12.0 Å². The topological polar surface area (TPSA) is 18.5 Å². The van der Waals surface area contributed by atoms with Gasteiger partial charge in [0.2, 0.25) is 0 Å². The summed E-state index contributed by atoms with van der Waals surface area (Å²) in [6, 6.07) is 42.4. The molecule has 0 radical (unpaired) electrons. The van der Waals surface area contributed by atoms with Crippen LogP contribution in [-0.4, -0.2) is 6.61 Å². The average molecular weight is 410 g/mol. The molecule has 1 aliphatic rings. The van der Waals surface area contributed by atoms with Gasteiger partial charge in [0, 0.05) is 0 Å². The Bertz CT molecular complexity index is 913. The zero-order valence-electron chi connectivity index (χ0n) is 16.6. The summed E-state index contributed by atoms with van der Waals surface area (Å²) in [7, 11) is -0.0394. The van der Waals surface area contributed by atoms with Crippen LogP contribution < -0.4 is 0 Å². The van der Waals surface area contributed by atoms with E-state index < -0.39 is 11.0 Å². The lowest BCUT2D eigenvalue weighted by Gasteiger charge is -2.53. The number of hydrogen-bond donors (Lipinski definition) is 0. The minimum Gasteiger partial charge on any atom is -0.335 e. The van der Waals surface area contributed by atoms with Crippen LogP contribution in [0.25, 0.3) is 0 Å². The molecular formula is C27H23O2P. The van der Waals surface area contributed by atoms with Crippen LogP contribution in [0.1, 0.15) is 22.3 Å². The Morgan fingerprint density at radius 2 is 0.867 bits per heavy atom. The molecule has 3 heteroatoms. The van der Waals surface area contributed by atoms with Gasteiger partial charge in [-0.15, -0.1) is 0 Å². The van der Waals surface area contributed by atoms with Crippen LogP contribution in [0, 0.1) is 0 Å². The minimum absolute atomic E-state index is 0.0394. The molecule has 0 saturated carbocycles. The highest BCUT2D eigenvalue weighted by molar-refractivity contribution is 7.26. The zero-order valence-corrected chi connectivity index (χ0v) is 17.6. The van der Waals surface area contributed by atoms with Crippen molar-refractivity contribution in [2.45, 2.75) is 11.0 Å². The van der Waals surface area contributed by atoms with E-state index >= 15 is 0 Å². The summed E-state index contributed by atoms with van der Waals surface area (Å²) < 4.78 is 12.9. The Morgan fingerprint density at radius 3 is 1.27 bits per heavy atom. The molecule has 1 fully saturated rings. The van der Waals surface area contributed by atoms with E-state index in [0.29, 0.717) is 6.61 Å². The minimum atomic E-state index is -0.727. The van der Waals surface area contributed by atoms with Crippen LogP contribution in [0.4, 0.5) is 0 Å². The van der Waals surface area contributed by atoms with Crippen molar-refractivity contribution in [2.75, 3.05) is 6.61 Å². The van der Waals surface area contributed by atoms with Crippen LogP contribution in [0.3, 0.4) is 0 Å². The fourth-order valence-corrected chi connectivity index (χ4v) is 5.60. The first-order valence-corrected chi connectivity index (χ1v) is 11.0. The summed E-state index contributed by atoms with van der Waals surface area (Å²) in [6.45, 7) is 0.531. The number of hydrogen-bond acceptors (Lipinski definition) is 2. The lowest BCUT2D eigenvalue weighted by atomic mass is 9.58. The zero-order chi connectivity index (χ0) is 20.3. The SMILES string of the molecule is c1ccc(C2(c3ccccc3)COPOC2(c2ccccc2)c2ccccc2)cc1. The van der Waals surface area contributed by atoms with E-state index in [1.54, 1.807) is 0 Å². The van der Waals surface area contributed by atoms with E-state index in [1.165, 1.54) is 11.1 Å². The third-order valence-corrected chi connectivity index (χ3v) is 6.69. The summed E-state index contributed by atoms with van der Waals surface area (Å²) in [5.41, 5.74) is 3.32. The first-order chi connectivity index (χ1) is 14.9. The van der Waals surface area contributed by atoms with Gasteiger partial charge >= 0.3 is 0 Å². The number of rotatable bonds is 4. The first kappa shape index (κ1) is 19.2. The van der Waals surface area contributed by atoms with Gasteiger partial charge in [-0.1, -0.05) is 121 Å². The molecule has 1 heterocycles. The second kappa shape index (κ2) is 8.16. The van der Waals surface area contributed by atoms with E-state index in [0.717, 1.165) is 11.1 Å². The van der Waals surface area contributed by atoms with E-state index in [1.807, 2.05) is 0 Å². The molecule has 5 rings (SSSR count). The van der Waals surface area contributed by atoms with Crippen LogP contribution in [-0.2, 0) is 20.1 Å². The standard InChI is InChI=1S/C27H23O2P/c1-5-13-22(14-6-1)26(23-15-7-2-8-16-23)21-28-30-29-27(26,24-17-9-3-10-18-24)25-19-11-4-12-20-25/h1-20,30H,21H2. The predicted molar refractivity (Wildman–Crippen MR) is 123 cm³/mol. The van der Waals surface area contributed by atoms with Gasteiger partial charge in [0.25, 0.3) is 0 Å². The fourth-order valence-electron chi connectivity index (χ4n) is 4.73. The van der Waals surface area contributed by atoms with Gasteiger partial charge in [-0.25, -0.2) is 0 Å². The quantitative estimate of drug-likeness (QED) is 0.359. The molecule has 0 aliphatic carbocycles. The van der Waals surface area contributed by atoms with E-state index in [-0.39, 0.29) is 9.03 Å². The normalized spacial score (nSPS) is 18.1. The van der Waals surface area contributed by atoms with Crippen molar-refractivity contribution in [1.82, 2.24) is 0 Å². The third kappa shape index (κ3) is 2.92. The van der Waals surface area contributed by atoms with Crippen LogP contribution in [0.2, 0.25) is 0 Å². The summed E-state index contributed by atoms with van der Waals surface area (Å²) >= 11 is 0. The summed E-state index contributed by atoms with van der Waals surface area (Å²) in [6.07, 6.45) is 0. The van der Waals surface area contributed by atoms with Crippen molar-refractivity contribution >= 4 is 9.03 Å². The lowest BCUT2D eigenvalue weighted by molar-refractivity contribution is -0.0193. The summed E-state index contributed by atoms with van der Waals surface area (Å²) in [4.78, 5) is 0. The third-order valence-electron chi connectivity index (χ3n) is 6.04. The van der Waals surface area contributed by atoms with E-state index in [2.05, 4.69) is 121 Å². The molecule has 0 N–H and O–H groups in total. The van der Waals surface area contributed by atoms with Crippen molar-refractivity contribution in [3.05, 3.63) is 144 Å². The maximum absolute atomic E-state index is 6.77. The molecule has 0 aromatic heterocycles. The molecule has 0 amide bonds. The van der Waals surface area contributed by atoms with Crippen molar-refractivity contribution < 1.29 is 9.05 Å². The van der Waals surface area contributed by atoms with Gasteiger partial charge in [-0.05, 0) is 22.3 Å². The van der Waals surface area contributed by atoms with Gasteiger partial charge < -0.3 is 9.05 Å². The molecule has 2 nitrogen and oxygen atoms in total. The second-order valence-electron chi connectivity index (χ2n) is 7.52. The average Bonchev–Trinajstić information content (AvgIpc) is 2.86. The molecule has 1 aliphatic heterocycles. The fraction of sp³-hybridized carbons (Fsp3) is 0.111. The Balaban J connectivity index is 1.92. The van der Waals surface area contributed by atoms with Gasteiger partial charge in [-0.2, -0.15) is 0 Å². The van der Waals surface area contributed by atoms with Crippen molar-refractivity contribution in [1.29, 1.82) is 0 Å². The van der Waals surface area contributed by atoms with Crippen LogP contribution >= 0.6 is 9.03 Å². The summed E-state index contributed by atoms with van der Waals surface area (Å²) in [5, 5.41) is 0. The monoisotopic (exact) mass is 410 g/mol. The molecule has 1 atom stereocenters. The first-order valence-electron chi connectivity index (χ1n) is 10.1. The highest BCUT2D eigenvalue weighted by Gasteiger charge is 2.59. The summed E-state index contributed by atoms with van der Waals surface area (Å²) in [5.74, 6) is 0. The van der Waals surface area contributed by atoms with Gasteiger partial charge in [0.1, 0.15) is 5.60 Å². The lowest BCUT2D eigenvalue weighted by Crippen LogP contribution is -2.56. The van der Waals surface area contributed by atoms with Gasteiger partial charge in [0.15, 0.2) is 9.03 Å². The molecule has 4 aromatic carbocycles. The smallest absolute Gasteiger partial charge is 0.156 e. The highest BCUT2D eigenvalue weighted by atomic mass is 31.1. The molecule has 4 aromatic rings. The molecule has 0 bridgehead atoms. The predicted octanol–water partition coefficient (Wildman–Crippen LogP) is 6.47. The Labute approximate surface area is 179 Å². The number of benzene rings is 4. The molecular weight excluding hydrogens is 387 g/mol. The molecule has 1 unspecified atom stereocenters.